The highest BCUT2D eigenvalue weighted by Gasteiger charge is 2.25. The Labute approximate surface area is 106 Å². The Morgan fingerprint density at radius 2 is 2.00 bits per heavy atom. The summed E-state index contributed by atoms with van der Waals surface area (Å²) < 4.78 is 0. The van der Waals surface area contributed by atoms with E-state index in [-0.39, 0.29) is 11.6 Å². The number of hydrogen-bond acceptors (Lipinski definition) is 4. The molecular formula is C12H17N3O3. The molecule has 0 bridgehead atoms. The van der Waals surface area contributed by atoms with Crippen LogP contribution >= 0.6 is 0 Å². The van der Waals surface area contributed by atoms with Crippen molar-refractivity contribution >= 4 is 17.3 Å². The molecule has 6 heteroatoms. The summed E-state index contributed by atoms with van der Waals surface area (Å²) in [4.78, 5) is 22.1. The SMILES string of the molecule is CNC(C)(C)C(=O)Nc1ccc([N+](=O)[O-])c(C)c1. The van der Waals surface area contributed by atoms with Crippen molar-refractivity contribution in [1.29, 1.82) is 0 Å². The average Bonchev–Trinajstić information content (AvgIpc) is 2.28. The fourth-order valence-electron chi connectivity index (χ4n) is 1.34. The molecule has 1 amide bonds. The van der Waals surface area contributed by atoms with Crippen molar-refractivity contribution < 1.29 is 9.72 Å². The third-order valence-electron chi connectivity index (χ3n) is 2.84. The Bertz CT molecular complexity index is 483. The minimum atomic E-state index is -0.699. The first-order valence-corrected chi connectivity index (χ1v) is 5.53. The molecule has 0 unspecified atom stereocenters. The van der Waals surface area contributed by atoms with Crippen LogP contribution in [0.25, 0.3) is 0 Å². The summed E-state index contributed by atoms with van der Waals surface area (Å²) in [6, 6.07) is 4.49. The Balaban J connectivity index is 2.91. The number of carbonyl (C=O) groups is 1. The molecule has 0 radical (unpaired) electrons. The second-order valence-electron chi connectivity index (χ2n) is 4.59. The van der Waals surface area contributed by atoms with Gasteiger partial charge in [0, 0.05) is 17.3 Å². The largest absolute Gasteiger partial charge is 0.324 e. The van der Waals surface area contributed by atoms with Crippen molar-refractivity contribution in [3.8, 4) is 0 Å². The normalized spacial score (nSPS) is 11.1. The summed E-state index contributed by atoms with van der Waals surface area (Å²) >= 11 is 0. The standard InChI is InChI=1S/C12H17N3O3/c1-8-7-9(5-6-10(8)15(17)18)14-11(16)12(2,3)13-4/h5-7,13H,1-4H3,(H,14,16). The number of aryl methyl sites for hydroxylation is 1. The summed E-state index contributed by atoms with van der Waals surface area (Å²) in [7, 11) is 1.70. The summed E-state index contributed by atoms with van der Waals surface area (Å²) in [6.45, 7) is 5.14. The monoisotopic (exact) mass is 251 g/mol. The molecule has 18 heavy (non-hydrogen) atoms. The smallest absolute Gasteiger partial charge is 0.272 e. The second kappa shape index (κ2) is 5.14. The summed E-state index contributed by atoms with van der Waals surface area (Å²) in [6.07, 6.45) is 0. The Hall–Kier alpha value is -1.95. The number of nitrogens with one attached hydrogen (secondary N) is 2. The van der Waals surface area contributed by atoms with Crippen LogP contribution < -0.4 is 10.6 Å². The van der Waals surface area contributed by atoms with E-state index in [1.807, 2.05) is 0 Å². The van der Waals surface area contributed by atoms with Gasteiger partial charge in [-0.1, -0.05) is 0 Å². The van der Waals surface area contributed by atoms with E-state index in [1.165, 1.54) is 12.1 Å². The van der Waals surface area contributed by atoms with Crippen molar-refractivity contribution in [3.05, 3.63) is 33.9 Å². The quantitative estimate of drug-likeness (QED) is 0.631. The van der Waals surface area contributed by atoms with E-state index in [9.17, 15) is 14.9 Å². The Morgan fingerprint density at radius 3 is 2.44 bits per heavy atom. The van der Waals surface area contributed by atoms with E-state index in [0.29, 0.717) is 11.3 Å². The second-order valence-corrected chi connectivity index (χ2v) is 4.59. The lowest BCUT2D eigenvalue weighted by Gasteiger charge is -2.22. The molecule has 0 aliphatic carbocycles. The molecule has 0 heterocycles. The fraction of sp³-hybridized carbons (Fsp3) is 0.417. The highest BCUT2D eigenvalue weighted by Crippen LogP contribution is 2.22. The van der Waals surface area contributed by atoms with Crippen LogP contribution in [-0.2, 0) is 4.79 Å². The number of hydrogen-bond donors (Lipinski definition) is 2. The van der Waals surface area contributed by atoms with Crippen molar-refractivity contribution in [2.45, 2.75) is 26.3 Å². The van der Waals surface area contributed by atoms with Crippen LogP contribution in [0, 0.1) is 17.0 Å². The molecule has 0 fully saturated rings. The van der Waals surface area contributed by atoms with Crippen molar-refractivity contribution in [1.82, 2.24) is 5.32 Å². The van der Waals surface area contributed by atoms with E-state index < -0.39 is 10.5 Å². The summed E-state index contributed by atoms with van der Waals surface area (Å²) in [5, 5.41) is 16.3. The molecule has 0 aromatic heterocycles. The van der Waals surface area contributed by atoms with Gasteiger partial charge in [0.2, 0.25) is 5.91 Å². The van der Waals surface area contributed by atoms with Crippen LogP contribution in [-0.4, -0.2) is 23.4 Å². The number of carbonyl (C=O) groups excluding carboxylic acids is 1. The van der Waals surface area contributed by atoms with Crippen LogP contribution in [0.1, 0.15) is 19.4 Å². The number of likely N-dealkylation sites (N-methyl/N-ethyl adjacent to an activating group) is 1. The number of benzene rings is 1. The zero-order valence-corrected chi connectivity index (χ0v) is 10.9. The van der Waals surface area contributed by atoms with Gasteiger partial charge in [0.1, 0.15) is 0 Å². The highest BCUT2D eigenvalue weighted by molar-refractivity contribution is 5.97. The maximum absolute atomic E-state index is 11.9. The number of nitrogens with zero attached hydrogens (tertiary/aromatic N) is 1. The topological polar surface area (TPSA) is 84.3 Å². The molecular weight excluding hydrogens is 234 g/mol. The van der Waals surface area contributed by atoms with Gasteiger partial charge in [-0.3, -0.25) is 14.9 Å². The molecule has 0 spiro atoms. The van der Waals surface area contributed by atoms with E-state index >= 15 is 0 Å². The van der Waals surface area contributed by atoms with Gasteiger partial charge in [0.15, 0.2) is 0 Å². The van der Waals surface area contributed by atoms with E-state index in [1.54, 1.807) is 33.9 Å². The van der Waals surface area contributed by atoms with Crippen molar-refractivity contribution in [2.24, 2.45) is 0 Å². The average molecular weight is 251 g/mol. The van der Waals surface area contributed by atoms with Crippen molar-refractivity contribution in [3.63, 3.8) is 0 Å². The van der Waals surface area contributed by atoms with Gasteiger partial charge >= 0.3 is 0 Å². The van der Waals surface area contributed by atoms with Crippen LogP contribution in [0.4, 0.5) is 11.4 Å². The number of rotatable bonds is 4. The predicted octanol–water partition coefficient (Wildman–Crippen LogP) is 1.84. The van der Waals surface area contributed by atoms with Gasteiger partial charge in [-0.25, -0.2) is 0 Å². The minimum Gasteiger partial charge on any atom is -0.324 e. The molecule has 98 valence electrons. The van der Waals surface area contributed by atoms with Crippen LogP contribution in [0.2, 0.25) is 0 Å². The Morgan fingerprint density at radius 1 is 1.39 bits per heavy atom. The van der Waals surface area contributed by atoms with Crippen molar-refractivity contribution in [2.75, 3.05) is 12.4 Å². The van der Waals surface area contributed by atoms with Gasteiger partial charge < -0.3 is 10.6 Å². The maximum Gasteiger partial charge on any atom is 0.272 e. The molecule has 2 N–H and O–H groups in total. The molecule has 0 aliphatic heterocycles. The molecule has 1 aromatic rings. The van der Waals surface area contributed by atoms with Gasteiger partial charge in [0.25, 0.3) is 5.69 Å². The number of anilines is 1. The lowest BCUT2D eigenvalue weighted by molar-refractivity contribution is -0.385. The number of nitro benzene ring substituents is 1. The van der Waals surface area contributed by atoms with E-state index in [4.69, 9.17) is 0 Å². The Kier molecular flexibility index (Phi) is 4.03. The summed E-state index contributed by atoms with van der Waals surface area (Å²) in [5.41, 5.74) is 0.405. The minimum absolute atomic E-state index is 0.0425. The molecule has 0 atom stereocenters. The molecule has 0 saturated heterocycles. The molecule has 1 aromatic carbocycles. The summed E-state index contributed by atoms with van der Waals surface area (Å²) in [5.74, 6) is -0.196. The first kappa shape index (κ1) is 14.1. The maximum atomic E-state index is 11.9. The van der Waals surface area contributed by atoms with Gasteiger partial charge in [-0.2, -0.15) is 0 Å². The molecule has 0 aliphatic rings. The van der Waals surface area contributed by atoms with Gasteiger partial charge in [0.05, 0.1) is 10.5 Å². The third kappa shape index (κ3) is 3.04. The fourth-order valence-corrected chi connectivity index (χ4v) is 1.34. The van der Waals surface area contributed by atoms with E-state index in [0.717, 1.165) is 0 Å². The lowest BCUT2D eigenvalue weighted by atomic mass is 10.0. The molecule has 6 nitrogen and oxygen atoms in total. The molecule has 0 saturated carbocycles. The van der Waals surface area contributed by atoms with E-state index in [2.05, 4.69) is 10.6 Å². The first-order chi connectivity index (χ1) is 8.27. The first-order valence-electron chi connectivity index (χ1n) is 5.53. The zero-order chi connectivity index (χ0) is 13.9. The molecule has 1 rings (SSSR count). The lowest BCUT2D eigenvalue weighted by Crippen LogP contribution is -2.47. The zero-order valence-electron chi connectivity index (χ0n) is 10.9. The highest BCUT2D eigenvalue weighted by atomic mass is 16.6. The predicted molar refractivity (Wildman–Crippen MR) is 69.6 cm³/mol. The van der Waals surface area contributed by atoms with Gasteiger partial charge in [-0.15, -0.1) is 0 Å². The number of nitro groups is 1. The van der Waals surface area contributed by atoms with Crippen LogP contribution in [0.3, 0.4) is 0 Å². The van der Waals surface area contributed by atoms with Gasteiger partial charge in [-0.05, 0) is 40.0 Å². The third-order valence-corrected chi connectivity index (χ3v) is 2.84. The van der Waals surface area contributed by atoms with Crippen LogP contribution in [0.15, 0.2) is 18.2 Å². The number of amides is 1. The van der Waals surface area contributed by atoms with Crippen LogP contribution in [0.5, 0.6) is 0 Å².